The molecule has 1 aliphatic heterocycles. The van der Waals surface area contributed by atoms with Crippen LogP contribution >= 0.6 is 0 Å². The monoisotopic (exact) mass is 1000 g/mol. The number of nitrogens with zero attached hydrogens (tertiary/aromatic N) is 4. The maximum Gasteiger partial charge on any atom is 0.135 e. The van der Waals surface area contributed by atoms with E-state index < -0.39 is 0 Å². The van der Waals surface area contributed by atoms with Gasteiger partial charge in [0.05, 0.1) is 0 Å². The second-order valence-corrected chi connectivity index (χ2v) is 21.0. The Morgan fingerprint density at radius 3 is 1.90 bits per heavy atom. The summed E-state index contributed by atoms with van der Waals surface area (Å²) in [4.78, 5) is 9.51. The predicted molar refractivity (Wildman–Crippen MR) is 257 cm³/mol. The molecule has 0 atom stereocenters. The Hall–Kier alpha value is -4.86. The molecule has 2 aromatic heterocycles. The number of pyridine rings is 1. The van der Waals surface area contributed by atoms with E-state index in [-0.39, 0.29) is 37.3 Å². The Bertz CT molecular complexity index is 2710. The van der Waals surface area contributed by atoms with E-state index in [0.29, 0.717) is 23.3 Å². The SMILES string of the molecule is CC(C)Cc1ccc2c(c1)c1cc(CC(C)C)c(Oc3[c-]c(N4[CH-]N(c5cc(C(C)(C)C)cc(C(C)(C)C)c5)c5ccccc54)ccc3)[c-]c1n2-c1cc(C(C)(C)C)ccn1.[Pt]. The predicted octanol–water partition coefficient (Wildman–Crippen LogP) is 15.3. The van der Waals surface area contributed by atoms with Crippen molar-refractivity contribution in [1.82, 2.24) is 9.55 Å². The van der Waals surface area contributed by atoms with E-state index in [1.165, 1.54) is 27.6 Å². The van der Waals surface area contributed by atoms with Gasteiger partial charge in [-0.25, -0.2) is 4.98 Å². The maximum absolute atomic E-state index is 6.97. The molecular formula is C56H63N4OPt-3. The molecule has 0 amide bonds. The fraction of sp³-hybridized carbons (Fsp3) is 0.357. The largest absolute Gasteiger partial charge is 0.509 e. The van der Waals surface area contributed by atoms with Crippen molar-refractivity contribution in [2.24, 2.45) is 11.8 Å². The Balaban J connectivity index is 0.00000578. The topological polar surface area (TPSA) is 33.5 Å². The summed E-state index contributed by atoms with van der Waals surface area (Å²) in [6, 6.07) is 43.0. The second kappa shape index (κ2) is 17.0. The van der Waals surface area contributed by atoms with Gasteiger partial charge in [0.1, 0.15) is 5.82 Å². The number of fused-ring (bicyclic) bond motifs is 4. The van der Waals surface area contributed by atoms with Crippen molar-refractivity contribution >= 4 is 44.6 Å². The first kappa shape index (κ1) is 45.2. The van der Waals surface area contributed by atoms with E-state index in [2.05, 4.69) is 214 Å². The van der Waals surface area contributed by atoms with Gasteiger partial charge in [0.2, 0.25) is 0 Å². The van der Waals surface area contributed by atoms with Gasteiger partial charge in [-0.2, -0.15) is 12.1 Å². The van der Waals surface area contributed by atoms with Crippen molar-refractivity contribution in [2.75, 3.05) is 9.80 Å². The number of aromatic nitrogens is 2. The van der Waals surface area contributed by atoms with Crippen molar-refractivity contribution < 1.29 is 25.8 Å². The van der Waals surface area contributed by atoms with Crippen molar-refractivity contribution in [3.63, 3.8) is 0 Å². The summed E-state index contributed by atoms with van der Waals surface area (Å²) < 4.78 is 9.24. The number of hydrogen-bond donors (Lipinski definition) is 0. The van der Waals surface area contributed by atoms with E-state index in [0.717, 1.165) is 63.4 Å². The molecule has 326 valence electrons. The Morgan fingerprint density at radius 1 is 0.629 bits per heavy atom. The van der Waals surface area contributed by atoms with Crippen LogP contribution in [-0.2, 0) is 50.2 Å². The number of benzene rings is 5. The number of hydrogen-bond acceptors (Lipinski definition) is 4. The Morgan fingerprint density at radius 2 is 1.27 bits per heavy atom. The van der Waals surface area contributed by atoms with Crippen LogP contribution in [0.3, 0.4) is 0 Å². The molecule has 0 radical (unpaired) electrons. The molecule has 0 spiro atoms. The minimum atomic E-state index is -0.0275. The molecule has 0 unspecified atom stereocenters. The molecule has 6 heteroatoms. The zero-order valence-corrected chi connectivity index (χ0v) is 41.2. The molecule has 62 heavy (non-hydrogen) atoms. The Labute approximate surface area is 385 Å². The number of para-hydroxylation sites is 2. The van der Waals surface area contributed by atoms with E-state index in [1.807, 2.05) is 12.3 Å². The van der Waals surface area contributed by atoms with Crippen LogP contribution in [0.4, 0.5) is 22.7 Å². The number of rotatable bonds is 9. The van der Waals surface area contributed by atoms with Gasteiger partial charge >= 0.3 is 0 Å². The number of ether oxygens (including phenoxy) is 1. The number of anilines is 4. The van der Waals surface area contributed by atoms with E-state index in [4.69, 9.17) is 9.72 Å². The van der Waals surface area contributed by atoms with Gasteiger partial charge in [-0.05, 0) is 98.7 Å². The summed E-state index contributed by atoms with van der Waals surface area (Å²) in [7, 11) is 0. The first-order valence-corrected chi connectivity index (χ1v) is 22.1. The smallest absolute Gasteiger partial charge is 0.135 e. The summed E-state index contributed by atoms with van der Waals surface area (Å²) in [6.07, 6.45) is 3.81. The summed E-state index contributed by atoms with van der Waals surface area (Å²) in [5, 5.41) is 2.38. The van der Waals surface area contributed by atoms with Crippen LogP contribution in [0.2, 0.25) is 0 Å². The van der Waals surface area contributed by atoms with Crippen LogP contribution in [0, 0.1) is 30.6 Å². The first-order valence-electron chi connectivity index (χ1n) is 22.1. The van der Waals surface area contributed by atoms with Gasteiger partial charge < -0.3 is 19.1 Å². The third-order valence-corrected chi connectivity index (χ3v) is 11.8. The summed E-state index contributed by atoms with van der Waals surface area (Å²) in [5.74, 6) is 3.21. The fourth-order valence-electron chi connectivity index (χ4n) is 8.46. The van der Waals surface area contributed by atoms with Crippen LogP contribution in [-0.4, -0.2) is 9.55 Å². The molecule has 0 saturated carbocycles. The minimum Gasteiger partial charge on any atom is -0.509 e. The van der Waals surface area contributed by atoms with E-state index >= 15 is 0 Å². The molecule has 0 aliphatic carbocycles. The van der Waals surface area contributed by atoms with Crippen LogP contribution in [0.1, 0.15) is 118 Å². The summed E-state index contributed by atoms with van der Waals surface area (Å²) >= 11 is 0. The van der Waals surface area contributed by atoms with Crippen LogP contribution in [0.15, 0.2) is 103 Å². The molecule has 0 saturated heterocycles. The average Bonchev–Trinajstić information content (AvgIpc) is 3.72. The molecular weight excluding hydrogens is 940 g/mol. The molecule has 0 fully saturated rings. The van der Waals surface area contributed by atoms with Crippen LogP contribution in [0.25, 0.3) is 27.6 Å². The summed E-state index contributed by atoms with van der Waals surface area (Å²) in [5.41, 5.74) is 12.7. The van der Waals surface area contributed by atoms with Crippen LogP contribution in [0.5, 0.6) is 11.5 Å². The van der Waals surface area contributed by atoms with Gasteiger partial charge in [-0.3, -0.25) is 0 Å². The van der Waals surface area contributed by atoms with Gasteiger partial charge in [0.25, 0.3) is 0 Å². The molecule has 7 aromatic rings. The van der Waals surface area contributed by atoms with E-state index in [1.54, 1.807) is 0 Å². The van der Waals surface area contributed by atoms with Crippen molar-refractivity contribution in [1.29, 1.82) is 0 Å². The molecule has 0 N–H and O–H groups in total. The maximum atomic E-state index is 6.97. The van der Waals surface area contributed by atoms with Gasteiger partial charge in [-0.1, -0.05) is 138 Å². The minimum absolute atomic E-state index is 0. The quantitative estimate of drug-likeness (QED) is 0.135. The fourth-order valence-corrected chi connectivity index (χ4v) is 8.46. The molecule has 0 bridgehead atoms. The Kier molecular flexibility index (Phi) is 12.4. The summed E-state index contributed by atoms with van der Waals surface area (Å²) in [6.45, 7) is 31.8. The molecule has 1 aliphatic rings. The molecule has 5 aromatic carbocycles. The standard InChI is InChI=1S/C56H63N4O.Pt/c1-36(2)25-38-21-22-48-46(27-38)47-28-39(26-37(3)4)52(34-51(47)60(48)53-32-40(23-24-57-53)54(5,6)7)61-45-18-16-17-43(33-45)58-35-59(50-20-15-14-19-49(50)58)44-30-41(55(8,9)10)29-42(31-44)56(11,12)13;/h14-24,27-32,35-37H,25-26H2,1-13H3;/q-3;. The molecule has 5 nitrogen and oxygen atoms in total. The third kappa shape index (κ3) is 9.12. The van der Waals surface area contributed by atoms with Crippen molar-refractivity contribution in [3.05, 3.63) is 150 Å². The second-order valence-electron chi connectivity index (χ2n) is 21.0. The molecule has 3 heterocycles. The van der Waals surface area contributed by atoms with Gasteiger partial charge in [-0.15, -0.1) is 47.6 Å². The van der Waals surface area contributed by atoms with Gasteiger partial charge in [0, 0.05) is 61.3 Å². The molecule has 8 rings (SSSR count). The zero-order valence-electron chi connectivity index (χ0n) is 39.0. The van der Waals surface area contributed by atoms with Crippen molar-refractivity contribution in [3.8, 4) is 17.3 Å². The van der Waals surface area contributed by atoms with Crippen LogP contribution < -0.4 is 14.5 Å². The third-order valence-electron chi connectivity index (χ3n) is 11.8. The average molecular weight is 1000 g/mol. The first-order chi connectivity index (χ1) is 28.7. The van der Waals surface area contributed by atoms with Crippen molar-refractivity contribution in [2.45, 2.75) is 119 Å². The van der Waals surface area contributed by atoms with E-state index in [9.17, 15) is 0 Å². The van der Waals surface area contributed by atoms with Gasteiger partial charge in [0.15, 0.2) is 0 Å². The normalized spacial score (nSPS) is 13.4. The zero-order chi connectivity index (χ0) is 43.6.